The quantitative estimate of drug-likeness (QED) is 0.852. The summed E-state index contributed by atoms with van der Waals surface area (Å²) in [6.07, 6.45) is 5.96. The summed E-state index contributed by atoms with van der Waals surface area (Å²) in [5, 5.41) is 8.94. The Labute approximate surface area is 119 Å². The first-order chi connectivity index (χ1) is 9.88. The number of aryl methyl sites for hydroxylation is 2. The molecule has 2 aromatic rings. The van der Waals surface area contributed by atoms with Crippen molar-refractivity contribution in [1.29, 1.82) is 5.26 Å². The van der Waals surface area contributed by atoms with Crippen LogP contribution in [0, 0.1) is 11.3 Å². The number of nitriles is 1. The molecule has 102 valence electrons. The van der Waals surface area contributed by atoms with Crippen LogP contribution >= 0.6 is 0 Å². The summed E-state index contributed by atoms with van der Waals surface area (Å²) in [4.78, 5) is 4.74. The fourth-order valence-corrected chi connectivity index (χ4v) is 3.01. The molecule has 0 radical (unpaired) electrons. The summed E-state index contributed by atoms with van der Waals surface area (Å²) >= 11 is 0. The van der Waals surface area contributed by atoms with Gasteiger partial charge in [0.1, 0.15) is 5.82 Å². The lowest BCUT2D eigenvalue weighted by Crippen LogP contribution is -2.14. The molecule has 0 atom stereocenters. The average molecular weight is 265 g/mol. The van der Waals surface area contributed by atoms with Crippen molar-refractivity contribution in [2.45, 2.75) is 45.1 Å². The molecule has 20 heavy (non-hydrogen) atoms. The second kappa shape index (κ2) is 5.92. The number of hydrogen-bond acceptors (Lipinski definition) is 2. The van der Waals surface area contributed by atoms with Gasteiger partial charge in [0.05, 0.1) is 18.2 Å². The molecule has 0 amide bonds. The number of nitrogens with zero attached hydrogens (tertiary/aromatic N) is 3. The topological polar surface area (TPSA) is 41.6 Å². The number of rotatable bonds is 4. The highest BCUT2D eigenvalue weighted by molar-refractivity contribution is 5.23. The maximum Gasteiger partial charge on any atom is 0.109 e. The second-order valence-electron chi connectivity index (χ2n) is 5.35. The predicted octanol–water partition coefficient (Wildman–Crippen LogP) is 3.07. The minimum Gasteiger partial charge on any atom is -0.332 e. The zero-order valence-corrected chi connectivity index (χ0v) is 11.7. The molecule has 0 saturated carbocycles. The Morgan fingerprint density at radius 3 is 2.80 bits per heavy atom. The fourth-order valence-electron chi connectivity index (χ4n) is 3.01. The van der Waals surface area contributed by atoms with Gasteiger partial charge in [-0.2, -0.15) is 5.26 Å². The summed E-state index contributed by atoms with van der Waals surface area (Å²) in [5.74, 6) is 1.16. The molecule has 0 fully saturated rings. The molecule has 0 spiro atoms. The van der Waals surface area contributed by atoms with E-state index in [4.69, 9.17) is 10.2 Å². The van der Waals surface area contributed by atoms with Crippen LogP contribution in [0.5, 0.6) is 0 Å². The van der Waals surface area contributed by atoms with Crippen molar-refractivity contribution in [3.63, 3.8) is 0 Å². The largest absolute Gasteiger partial charge is 0.332 e. The molecule has 1 aliphatic heterocycles. The molecule has 0 N–H and O–H groups in total. The summed E-state index contributed by atoms with van der Waals surface area (Å²) in [6, 6.07) is 12.8. The van der Waals surface area contributed by atoms with Crippen molar-refractivity contribution in [2.75, 3.05) is 0 Å². The van der Waals surface area contributed by atoms with E-state index in [1.807, 2.05) is 6.07 Å². The third-order valence-electron chi connectivity index (χ3n) is 4.01. The van der Waals surface area contributed by atoms with E-state index in [0.29, 0.717) is 6.42 Å². The van der Waals surface area contributed by atoms with E-state index in [1.54, 1.807) is 0 Å². The van der Waals surface area contributed by atoms with Gasteiger partial charge in [-0.25, -0.2) is 4.98 Å². The first-order valence-electron chi connectivity index (χ1n) is 7.36. The first kappa shape index (κ1) is 12.9. The standard InChI is InChI=1S/C17H19N3/c18-12-11-15-16-8-4-5-13-20(16)17(19-15)10-9-14-6-2-1-3-7-14/h1-3,6-7H,4-5,8-11,13H2. The van der Waals surface area contributed by atoms with E-state index in [-0.39, 0.29) is 0 Å². The normalized spacial score (nSPS) is 13.8. The predicted molar refractivity (Wildman–Crippen MR) is 78.3 cm³/mol. The highest BCUT2D eigenvalue weighted by atomic mass is 15.1. The smallest absolute Gasteiger partial charge is 0.109 e. The van der Waals surface area contributed by atoms with Gasteiger partial charge in [0.2, 0.25) is 0 Å². The molecule has 3 heteroatoms. The Morgan fingerprint density at radius 1 is 1.15 bits per heavy atom. The molecular weight excluding hydrogens is 246 g/mol. The third kappa shape index (κ3) is 2.60. The van der Waals surface area contributed by atoms with E-state index in [1.165, 1.54) is 24.1 Å². The molecule has 2 heterocycles. The van der Waals surface area contributed by atoms with Crippen LogP contribution in [-0.2, 0) is 32.2 Å². The lowest BCUT2D eigenvalue weighted by Gasteiger charge is -2.17. The van der Waals surface area contributed by atoms with Crippen molar-refractivity contribution in [3.8, 4) is 6.07 Å². The SMILES string of the molecule is N#CCc1nc(CCc2ccccc2)n2c1CCCC2. The molecule has 1 aromatic carbocycles. The van der Waals surface area contributed by atoms with Crippen LogP contribution in [0.4, 0.5) is 0 Å². The summed E-state index contributed by atoms with van der Waals surface area (Å²) in [6.45, 7) is 1.07. The van der Waals surface area contributed by atoms with Gasteiger partial charge in [0, 0.05) is 18.7 Å². The maximum absolute atomic E-state index is 8.94. The lowest BCUT2D eigenvalue weighted by molar-refractivity contribution is 0.512. The molecule has 0 bridgehead atoms. The summed E-state index contributed by atoms with van der Waals surface area (Å²) in [5.41, 5.74) is 3.67. The van der Waals surface area contributed by atoms with Gasteiger partial charge in [-0.3, -0.25) is 0 Å². The maximum atomic E-state index is 8.94. The number of imidazole rings is 1. The zero-order valence-electron chi connectivity index (χ0n) is 11.7. The van der Waals surface area contributed by atoms with Crippen molar-refractivity contribution in [2.24, 2.45) is 0 Å². The van der Waals surface area contributed by atoms with Gasteiger partial charge >= 0.3 is 0 Å². The average Bonchev–Trinajstić information content (AvgIpc) is 2.85. The number of fused-ring (bicyclic) bond motifs is 1. The minimum atomic E-state index is 0.445. The van der Waals surface area contributed by atoms with Gasteiger partial charge in [-0.15, -0.1) is 0 Å². The van der Waals surface area contributed by atoms with E-state index >= 15 is 0 Å². The van der Waals surface area contributed by atoms with Crippen LogP contribution in [0.25, 0.3) is 0 Å². The Morgan fingerprint density at radius 2 is 2.00 bits per heavy atom. The van der Waals surface area contributed by atoms with Crippen LogP contribution in [0.1, 0.15) is 35.6 Å². The second-order valence-corrected chi connectivity index (χ2v) is 5.35. The fraction of sp³-hybridized carbons (Fsp3) is 0.412. The van der Waals surface area contributed by atoms with Gasteiger partial charge in [-0.1, -0.05) is 30.3 Å². The number of hydrogen-bond donors (Lipinski definition) is 0. The molecule has 1 aliphatic rings. The van der Waals surface area contributed by atoms with Crippen LogP contribution in [0.15, 0.2) is 30.3 Å². The van der Waals surface area contributed by atoms with Gasteiger partial charge in [0.25, 0.3) is 0 Å². The Hall–Kier alpha value is -2.08. The Balaban J connectivity index is 1.81. The Bertz CT molecular complexity index is 620. The van der Waals surface area contributed by atoms with Gasteiger partial charge in [-0.05, 0) is 31.2 Å². The summed E-state index contributed by atoms with van der Waals surface area (Å²) < 4.78 is 2.36. The highest BCUT2D eigenvalue weighted by Gasteiger charge is 2.19. The molecule has 0 saturated heterocycles. The Kier molecular flexibility index (Phi) is 3.83. The van der Waals surface area contributed by atoms with E-state index in [2.05, 4.69) is 34.9 Å². The van der Waals surface area contributed by atoms with E-state index < -0.39 is 0 Å². The molecule has 3 rings (SSSR count). The minimum absolute atomic E-state index is 0.445. The van der Waals surface area contributed by atoms with Gasteiger partial charge < -0.3 is 4.57 Å². The number of benzene rings is 1. The van der Waals surface area contributed by atoms with Crippen molar-refractivity contribution >= 4 is 0 Å². The van der Waals surface area contributed by atoms with E-state index in [9.17, 15) is 0 Å². The molecule has 0 unspecified atom stereocenters. The zero-order chi connectivity index (χ0) is 13.8. The van der Waals surface area contributed by atoms with Crippen LogP contribution in [-0.4, -0.2) is 9.55 Å². The molecule has 0 aliphatic carbocycles. The van der Waals surface area contributed by atoms with Gasteiger partial charge in [0.15, 0.2) is 0 Å². The van der Waals surface area contributed by atoms with Crippen LogP contribution < -0.4 is 0 Å². The molecular formula is C17H19N3. The van der Waals surface area contributed by atoms with Crippen molar-refractivity contribution in [1.82, 2.24) is 9.55 Å². The number of aromatic nitrogens is 2. The van der Waals surface area contributed by atoms with Crippen molar-refractivity contribution < 1.29 is 0 Å². The van der Waals surface area contributed by atoms with E-state index in [0.717, 1.165) is 37.3 Å². The summed E-state index contributed by atoms with van der Waals surface area (Å²) in [7, 11) is 0. The lowest BCUT2D eigenvalue weighted by atomic mass is 10.1. The molecule has 3 nitrogen and oxygen atoms in total. The van der Waals surface area contributed by atoms with Crippen LogP contribution in [0.3, 0.4) is 0 Å². The van der Waals surface area contributed by atoms with Crippen LogP contribution in [0.2, 0.25) is 0 Å². The third-order valence-corrected chi connectivity index (χ3v) is 4.01. The highest BCUT2D eigenvalue weighted by Crippen LogP contribution is 2.22. The monoisotopic (exact) mass is 265 g/mol. The first-order valence-corrected chi connectivity index (χ1v) is 7.36. The van der Waals surface area contributed by atoms with Crippen molar-refractivity contribution in [3.05, 3.63) is 53.1 Å². The molecule has 1 aromatic heterocycles.